The minimum atomic E-state index is -0.293. The number of nitrogens with one attached hydrogen (secondary N) is 1. The van der Waals surface area contributed by atoms with E-state index < -0.39 is 0 Å². The van der Waals surface area contributed by atoms with E-state index in [1.807, 2.05) is 52.0 Å². The molecule has 0 saturated heterocycles. The maximum absolute atomic E-state index is 13.2. The molecule has 0 radical (unpaired) electrons. The lowest BCUT2D eigenvalue weighted by molar-refractivity contribution is -0.120. The van der Waals surface area contributed by atoms with E-state index in [9.17, 15) is 9.18 Å². The van der Waals surface area contributed by atoms with E-state index in [4.69, 9.17) is 4.74 Å². The van der Waals surface area contributed by atoms with Gasteiger partial charge < -0.3 is 10.1 Å². The van der Waals surface area contributed by atoms with Gasteiger partial charge in [0.1, 0.15) is 5.82 Å². The van der Waals surface area contributed by atoms with Gasteiger partial charge in [-0.2, -0.15) is 5.10 Å². The van der Waals surface area contributed by atoms with Crippen LogP contribution in [-0.2, 0) is 29.1 Å². The fourth-order valence-electron chi connectivity index (χ4n) is 3.31. The monoisotopic (exact) mass is 409 g/mol. The molecule has 0 fully saturated rings. The summed E-state index contributed by atoms with van der Waals surface area (Å²) in [7, 11) is 0. The molecule has 0 aliphatic heterocycles. The van der Waals surface area contributed by atoms with Crippen LogP contribution in [0.2, 0.25) is 0 Å². The summed E-state index contributed by atoms with van der Waals surface area (Å²) in [6.45, 7) is 8.77. The fourth-order valence-corrected chi connectivity index (χ4v) is 3.31. The predicted molar refractivity (Wildman–Crippen MR) is 115 cm³/mol. The van der Waals surface area contributed by atoms with E-state index in [0.717, 1.165) is 33.8 Å². The number of nitrogens with zero attached hydrogens (tertiary/aromatic N) is 2. The van der Waals surface area contributed by atoms with Crippen LogP contribution in [0.25, 0.3) is 5.69 Å². The van der Waals surface area contributed by atoms with Crippen molar-refractivity contribution in [3.63, 3.8) is 0 Å². The van der Waals surface area contributed by atoms with E-state index in [-0.39, 0.29) is 24.2 Å². The summed E-state index contributed by atoms with van der Waals surface area (Å²) < 4.78 is 20.7. The molecule has 2 aromatic carbocycles. The maximum Gasteiger partial charge on any atom is 0.224 e. The molecule has 0 aliphatic carbocycles. The highest BCUT2D eigenvalue weighted by Crippen LogP contribution is 2.19. The highest BCUT2D eigenvalue weighted by Gasteiger charge is 2.16. The molecule has 0 saturated carbocycles. The molecular weight excluding hydrogens is 381 g/mol. The summed E-state index contributed by atoms with van der Waals surface area (Å²) in [6, 6.07) is 14.1. The van der Waals surface area contributed by atoms with Crippen LogP contribution in [-0.4, -0.2) is 21.8 Å². The van der Waals surface area contributed by atoms with Crippen molar-refractivity contribution in [1.29, 1.82) is 0 Å². The Balaban J connectivity index is 1.67. The minimum absolute atomic E-state index is 0.0700. The van der Waals surface area contributed by atoms with Crippen LogP contribution in [0.15, 0.2) is 48.5 Å². The zero-order chi connectivity index (χ0) is 21.7. The number of aromatic nitrogens is 2. The number of aryl methyl sites for hydroxylation is 1. The van der Waals surface area contributed by atoms with Gasteiger partial charge in [-0.05, 0) is 63.1 Å². The van der Waals surface area contributed by atoms with E-state index in [1.54, 1.807) is 16.8 Å². The molecule has 0 bridgehead atoms. The SMILES string of the molecule is Cc1nn(-c2ccc(F)cc2)c(C)c1CC(=O)NCc1ccccc1COC(C)C. The summed E-state index contributed by atoms with van der Waals surface area (Å²) in [5.41, 5.74) is 5.43. The van der Waals surface area contributed by atoms with E-state index in [0.29, 0.717) is 13.2 Å². The number of rotatable bonds is 8. The van der Waals surface area contributed by atoms with Crippen LogP contribution < -0.4 is 5.32 Å². The Bertz CT molecular complexity index is 1010. The first-order valence-corrected chi connectivity index (χ1v) is 10.1. The Hall–Kier alpha value is -2.99. The van der Waals surface area contributed by atoms with Crippen molar-refractivity contribution in [2.45, 2.75) is 53.4 Å². The Morgan fingerprint density at radius 2 is 1.77 bits per heavy atom. The Morgan fingerprint density at radius 3 is 2.43 bits per heavy atom. The number of hydrogen-bond acceptors (Lipinski definition) is 3. The van der Waals surface area contributed by atoms with E-state index >= 15 is 0 Å². The molecule has 6 heteroatoms. The molecule has 0 atom stereocenters. The molecule has 30 heavy (non-hydrogen) atoms. The Labute approximate surface area is 176 Å². The van der Waals surface area contributed by atoms with Gasteiger partial charge in [0.25, 0.3) is 0 Å². The summed E-state index contributed by atoms with van der Waals surface area (Å²) in [5, 5.41) is 7.54. The number of halogens is 1. The summed E-state index contributed by atoms with van der Waals surface area (Å²) in [6.07, 6.45) is 0.389. The first-order valence-electron chi connectivity index (χ1n) is 10.1. The van der Waals surface area contributed by atoms with E-state index in [2.05, 4.69) is 10.4 Å². The van der Waals surface area contributed by atoms with Gasteiger partial charge in [-0.1, -0.05) is 24.3 Å². The van der Waals surface area contributed by atoms with Crippen molar-refractivity contribution in [2.75, 3.05) is 0 Å². The third-order valence-electron chi connectivity index (χ3n) is 5.02. The molecule has 1 heterocycles. The molecule has 0 spiro atoms. The van der Waals surface area contributed by atoms with Crippen LogP contribution in [0.4, 0.5) is 4.39 Å². The van der Waals surface area contributed by atoms with E-state index in [1.165, 1.54) is 12.1 Å². The number of benzene rings is 2. The summed E-state index contributed by atoms with van der Waals surface area (Å²) >= 11 is 0. The molecule has 0 unspecified atom stereocenters. The second-order valence-electron chi connectivity index (χ2n) is 7.62. The zero-order valence-corrected chi connectivity index (χ0v) is 17.9. The molecular formula is C24H28FN3O2. The molecule has 1 aromatic heterocycles. The van der Waals surface area contributed by atoms with Gasteiger partial charge >= 0.3 is 0 Å². The first-order chi connectivity index (χ1) is 14.3. The van der Waals surface area contributed by atoms with Gasteiger partial charge in [-0.15, -0.1) is 0 Å². The molecule has 0 aliphatic rings. The molecule has 158 valence electrons. The van der Waals surface area contributed by atoms with Crippen molar-refractivity contribution in [1.82, 2.24) is 15.1 Å². The number of ether oxygens (including phenoxy) is 1. The van der Waals surface area contributed by atoms with Crippen LogP contribution >= 0.6 is 0 Å². The highest BCUT2D eigenvalue weighted by molar-refractivity contribution is 5.79. The van der Waals surface area contributed by atoms with Crippen molar-refractivity contribution in [3.8, 4) is 5.69 Å². The van der Waals surface area contributed by atoms with Crippen molar-refractivity contribution >= 4 is 5.91 Å². The zero-order valence-electron chi connectivity index (χ0n) is 17.9. The quantitative estimate of drug-likeness (QED) is 0.600. The largest absolute Gasteiger partial charge is 0.374 e. The average molecular weight is 410 g/mol. The number of hydrogen-bond donors (Lipinski definition) is 1. The topological polar surface area (TPSA) is 56.2 Å². The van der Waals surface area contributed by atoms with Gasteiger partial charge in [0.2, 0.25) is 5.91 Å². The maximum atomic E-state index is 13.2. The van der Waals surface area contributed by atoms with Gasteiger partial charge in [0.15, 0.2) is 0 Å². The number of carbonyl (C=O) groups is 1. The van der Waals surface area contributed by atoms with Crippen LogP contribution in [0.3, 0.4) is 0 Å². The van der Waals surface area contributed by atoms with Crippen molar-refractivity contribution < 1.29 is 13.9 Å². The normalized spacial score (nSPS) is 11.1. The lowest BCUT2D eigenvalue weighted by atomic mass is 10.1. The van der Waals surface area contributed by atoms with Gasteiger partial charge in [-0.25, -0.2) is 9.07 Å². The first kappa shape index (κ1) is 21.7. The fraction of sp³-hybridized carbons (Fsp3) is 0.333. The molecule has 3 aromatic rings. The summed E-state index contributed by atoms with van der Waals surface area (Å²) in [4.78, 5) is 12.6. The molecule has 5 nitrogen and oxygen atoms in total. The molecule has 3 rings (SSSR count). The Morgan fingerprint density at radius 1 is 1.10 bits per heavy atom. The number of amides is 1. The Kier molecular flexibility index (Phi) is 7.00. The van der Waals surface area contributed by atoms with Gasteiger partial charge in [0, 0.05) is 17.8 Å². The lowest BCUT2D eigenvalue weighted by Gasteiger charge is -2.13. The third-order valence-corrected chi connectivity index (χ3v) is 5.02. The van der Waals surface area contributed by atoms with Crippen LogP contribution in [0, 0.1) is 19.7 Å². The minimum Gasteiger partial charge on any atom is -0.374 e. The van der Waals surface area contributed by atoms with Gasteiger partial charge in [-0.3, -0.25) is 4.79 Å². The second-order valence-corrected chi connectivity index (χ2v) is 7.62. The lowest BCUT2D eigenvalue weighted by Crippen LogP contribution is -2.25. The summed E-state index contributed by atoms with van der Waals surface area (Å²) in [5.74, 6) is -0.363. The van der Waals surface area contributed by atoms with Crippen LogP contribution in [0.1, 0.15) is 41.9 Å². The number of carbonyl (C=O) groups excluding carboxylic acids is 1. The average Bonchev–Trinajstić information content (AvgIpc) is 3.00. The third kappa shape index (κ3) is 5.33. The van der Waals surface area contributed by atoms with Crippen molar-refractivity contribution in [3.05, 3.63) is 82.4 Å². The predicted octanol–water partition coefficient (Wildman–Crippen LogP) is 4.41. The van der Waals surface area contributed by atoms with Crippen LogP contribution in [0.5, 0.6) is 0 Å². The second kappa shape index (κ2) is 9.67. The van der Waals surface area contributed by atoms with Crippen molar-refractivity contribution in [2.24, 2.45) is 0 Å². The standard InChI is InChI=1S/C24H28FN3O2/c1-16(2)30-15-20-8-6-5-7-19(20)14-26-24(29)13-23-17(3)27-28(18(23)4)22-11-9-21(25)10-12-22/h5-12,16H,13-15H2,1-4H3,(H,26,29). The van der Waals surface area contributed by atoms with Gasteiger partial charge in [0.05, 0.1) is 30.5 Å². The molecule has 1 N–H and O–H groups in total. The molecule has 1 amide bonds. The smallest absolute Gasteiger partial charge is 0.224 e. The highest BCUT2D eigenvalue weighted by atomic mass is 19.1.